The minimum Gasteiger partial charge on any atom is -0.254 e. The smallest absolute Gasteiger partial charge is 0.0964 e. The Labute approximate surface area is 267 Å². The summed E-state index contributed by atoms with van der Waals surface area (Å²) in [5.74, 6) is 0. The lowest BCUT2D eigenvalue weighted by atomic mass is 9.85. The molecule has 2 heteroatoms. The molecule has 2 aromatic heterocycles. The fourth-order valence-corrected chi connectivity index (χ4v) is 6.95. The summed E-state index contributed by atoms with van der Waals surface area (Å²) in [6, 6.07) is 58.5. The number of benzene rings is 7. The fraction of sp³-hybridized carbons (Fsp3) is 0. The van der Waals surface area contributed by atoms with Crippen molar-refractivity contribution in [1.82, 2.24) is 9.97 Å². The molecule has 0 saturated carbocycles. The van der Waals surface area contributed by atoms with E-state index < -0.39 is 0 Å². The number of hydrogen-bond donors (Lipinski definition) is 0. The third kappa shape index (κ3) is 4.35. The molecule has 0 atom stereocenters. The highest BCUT2D eigenvalue weighted by Gasteiger charge is 2.17. The zero-order valence-electron chi connectivity index (χ0n) is 25.1. The monoisotopic (exact) mass is 584 g/mol. The van der Waals surface area contributed by atoms with Crippen molar-refractivity contribution in [2.24, 2.45) is 0 Å². The Morgan fingerprint density at radius 2 is 0.848 bits per heavy atom. The maximum absolute atomic E-state index is 5.07. The van der Waals surface area contributed by atoms with Crippen molar-refractivity contribution in [1.29, 1.82) is 0 Å². The van der Waals surface area contributed by atoms with Gasteiger partial charge in [-0.15, -0.1) is 0 Å². The molecule has 0 unspecified atom stereocenters. The third-order valence-corrected chi connectivity index (χ3v) is 9.10. The van der Waals surface area contributed by atoms with E-state index in [1.165, 1.54) is 54.6 Å². The second-order valence-corrected chi connectivity index (χ2v) is 11.8. The molecular formula is C44H28N2. The van der Waals surface area contributed by atoms with Gasteiger partial charge in [-0.1, -0.05) is 140 Å². The first kappa shape index (κ1) is 26.3. The van der Waals surface area contributed by atoms with Crippen LogP contribution in [0.1, 0.15) is 0 Å². The number of nitrogens with zero attached hydrogens (tertiary/aromatic N) is 2. The maximum Gasteiger partial charge on any atom is 0.0964 e. The molecule has 9 aromatic rings. The molecule has 2 nitrogen and oxygen atoms in total. The van der Waals surface area contributed by atoms with Crippen molar-refractivity contribution < 1.29 is 0 Å². The van der Waals surface area contributed by atoms with Crippen LogP contribution in [0.2, 0.25) is 0 Å². The molecule has 0 saturated heterocycles. The van der Waals surface area contributed by atoms with E-state index in [1.54, 1.807) is 0 Å². The van der Waals surface area contributed by atoms with Gasteiger partial charge < -0.3 is 0 Å². The van der Waals surface area contributed by atoms with Gasteiger partial charge in [0.25, 0.3) is 0 Å². The van der Waals surface area contributed by atoms with Gasteiger partial charge in [-0.2, -0.15) is 0 Å². The normalized spacial score (nSPS) is 11.5. The number of hydrogen-bond acceptors (Lipinski definition) is 2. The van der Waals surface area contributed by atoms with Crippen molar-refractivity contribution >= 4 is 43.1 Å². The van der Waals surface area contributed by atoms with Crippen LogP contribution in [0.3, 0.4) is 0 Å². The van der Waals surface area contributed by atoms with Crippen molar-refractivity contribution in [3.8, 4) is 44.9 Å². The van der Waals surface area contributed by atoms with E-state index in [2.05, 4.69) is 152 Å². The van der Waals surface area contributed by atoms with Gasteiger partial charge in [0.1, 0.15) is 0 Å². The number of aromatic nitrogens is 2. The summed E-state index contributed by atoms with van der Waals surface area (Å²) in [7, 11) is 0. The van der Waals surface area contributed by atoms with Crippen LogP contribution in [0.5, 0.6) is 0 Å². The quantitative estimate of drug-likeness (QED) is 0.192. The fourth-order valence-electron chi connectivity index (χ4n) is 6.95. The van der Waals surface area contributed by atoms with Crippen LogP contribution < -0.4 is 0 Å². The molecule has 0 aliphatic carbocycles. The van der Waals surface area contributed by atoms with E-state index in [9.17, 15) is 0 Å². The van der Waals surface area contributed by atoms with E-state index in [1.807, 2.05) is 18.3 Å². The Morgan fingerprint density at radius 3 is 1.54 bits per heavy atom. The lowest BCUT2D eigenvalue weighted by Crippen LogP contribution is -1.92. The first-order chi connectivity index (χ1) is 22.8. The summed E-state index contributed by atoms with van der Waals surface area (Å²) in [4.78, 5) is 9.77. The molecular weight excluding hydrogens is 556 g/mol. The summed E-state index contributed by atoms with van der Waals surface area (Å²) >= 11 is 0. The molecule has 0 N–H and O–H groups in total. The van der Waals surface area contributed by atoms with Gasteiger partial charge in [0.05, 0.1) is 17.1 Å². The first-order valence-corrected chi connectivity index (χ1v) is 15.7. The van der Waals surface area contributed by atoms with Crippen LogP contribution in [0.4, 0.5) is 0 Å². The summed E-state index contributed by atoms with van der Waals surface area (Å²) in [6.07, 6.45) is 1.86. The third-order valence-electron chi connectivity index (χ3n) is 9.10. The van der Waals surface area contributed by atoms with Crippen molar-refractivity contribution in [3.63, 3.8) is 0 Å². The minimum absolute atomic E-state index is 0.875. The second-order valence-electron chi connectivity index (χ2n) is 11.8. The predicted octanol–water partition coefficient (Wildman–Crippen LogP) is 11.8. The topological polar surface area (TPSA) is 25.8 Å². The molecule has 0 aliphatic rings. The molecule has 214 valence electrons. The number of rotatable bonds is 4. The highest BCUT2D eigenvalue weighted by atomic mass is 14.8. The highest BCUT2D eigenvalue weighted by Crippen LogP contribution is 2.44. The zero-order chi connectivity index (χ0) is 30.5. The minimum atomic E-state index is 0.875. The van der Waals surface area contributed by atoms with Crippen LogP contribution in [0, 0.1) is 0 Å². The second kappa shape index (κ2) is 10.8. The van der Waals surface area contributed by atoms with Crippen LogP contribution in [-0.4, -0.2) is 9.97 Å². The van der Waals surface area contributed by atoms with Crippen molar-refractivity contribution in [2.75, 3.05) is 0 Å². The molecule has 0 amide bonds. The van der Waals surface area contributed by atoms with E-state index in [-0.39, 0.29) is 0 Å². The molecule has 7 aromatic carbocycles. The summed E-state index contributed by atoms with van der Waals surface area (Å²) < 4.78 is 0. The SMILES string of the molecule is c1cc(-c2ccc(-c3c4ccccc4c(-c4ccc5ccccc5c4)c4ccccc34)cc2)nc(-c2nccc3ccccc23)c1. The lowest BCUT2D eigenvalue weighted by molar-refractivity contribution is 1.27. The average molecular weight is 585 g/mol. The van der Waals surface area contributed by atoms with Crippen LogP contribution >= 0.6 is 0 Å². The van der Waals surface area contributed by atoms with Gasteiger partial charge >= 0.3 is 0 Å². The van der Waals surface area contributed by atoms with Gasteiger partial charge in [-0.3, -0.25) is 4.98 Å². The Hall–Kier alpha value is -6.12. The molecule has 9 rings (SSSR count). The van der Waals surface area contributed by atoms with Crippen LogP contribution in [-0.2, 0) is 0 Å². The van der Waals surface area contributed by atoms with Gasteiger partial charge in [-0.25, -0.2) is 4.98 Å². The zero-order valence-corrected chi connectivity index (χ0v) is 25.1. The molecule has 0 aliphatic heterocycles. The summed E-state index contributed by atoms with van der Waals surface area (Å²) in [5.41, 5.74) is 8.74. The van der Waals surface area contributed by atoms with E-state index in [4.69, 9.17) is 9.97 Å². The Bertz CT molecular complexity index is 2520. The largest absolute Gasteiger partial charge is 0.254 e. The molecule has 0 radical (unpaired) electrons. The van der Waals surface area contributed by atoms with Gasteiger partial charge in [-0.05, 0) is 84.2 Å². The molecule has 0 fully saturated rings. The van der Waals surface area contributed by atoms with E-state index in [0.29, 0.717) is 0 Å². The van der Waals surface area contributed by atoms with Gasteiger partial charge in [0.2, 0.25) is 0 Å². The number of pyridine rings is 2. The lowest BCUT2D eigenvalue weighted by Gasteiger charge is -2.18. The van der Waals surface area contributed by atoms with Gasteiger partial charge in [0, 0.05) is 17.1 Å². The summed E-state index contributed by atoms with van der Waals surface area (Å²) in [6.45, 7) is 0. The first-order valence-electron chi connectivity index (χ1n) is 15.7. The number of fused-ring (bicyclic) bond motifs is 4. The average Bonchev–Trinajstić information content (AvgIpc) is 3.13. The predicted molar refractivity (Wildman–Crippen MR) is 194 cm³/mol. The maximum atomic E-state index is 5.07. The Balaban J connectivity index is 1.18. The summed E-state index contributed by atoms with van der Waals surface area (Å²) in [5, 5.41) is 9.79. The highest BCUT2D eigenvalue weighted by molar-refractivity contribution is 6.21. The van der Waals surface area contributed by atoms with Crippen molar-refractivity contribution in [2.45, 2.75) is 0 Å². The Kier molecular flexibility index (Phi) is 6.17. The van der Waals surface area contributed by atoms with E-state index in [0.717, 1.165) is 33.4 Å². The molecule has 0 bridgehead atoms. The standard InChI is InChI=1S/C44H28N2/c1-2-12-33-28-34(25-20-29(33)10-1)43-38-16-7-5-14-36(38)42(37-15-6-8-17-39(37)43)32-23-21-31(22-24-32)40-18-9-19-41(46-40)44-35-13-4-3-11-30(35)26-27-45-44/h1-28H. The van der Waals surface area contributed by atoms with Gasteiger partial charge in [0.15, 0.2) is 0 Å². The van der Waals surface area contributed by atoms with E-state index >= 15 is 0 Å². The molecule has 0 spiro atoms. The van der Waals surface area contributed by atoms with Crippen LogP contribution in [0.25, 0.3) is 88.0 Å². The molecule has 46 heavy (non-hydrogen) atoms. The molecule has 2 heterocycles. The van der Waals surface area contributed by atoms with Crippen molar-refractivity contribution in [3.05, 3.63) is 170 Å². The van der Waals surface area contributed by atoms with Crippen LogP contribution in [0.15, 0.2) is 170 Å². The Morgan fingerprint density at radius 1 is 0.326 bits per heavy atom.